The first-order chi connectivity index (χ1) is 17.5. The van der Waals surface area contributed by atoms with Gasteiger partial charge in [-0.3, -0.25) is 9.19 Å². The second-order valence-corrected chi connectivity index (χ2v) is 9.97. The molecule has 0 aliphatic heterocycles. The molecule has 1 aromatic carbocycles. The molecule has 3 rings (SSSR count). The number of unbranched alkanes of at least 4 members (excludes halogenated alkanes) is 7. The summed E-state index contributed by atoms with van der Waals surface area (Å²) in [6.07, 6.45) is 12.1. The van der Waals surface area contributed by atoms with Gasteiger partial charge >= 0.3 is 6.61 Å². The van der Waals surface area contributed by atoms with Crippen LogP contribution in [0.3, 0.4) is 0 Å². The Morgan fingerprint density at radius 2 is 1.75 bits per heavy atom. The summed E-state index contributed by atoms with van der Waals surface area (Å²) in [5.41, 5.74) is 2.44. The second kappa shape index (κ2) is 14.1. The third kappa shape index (κ3) is 7.62. The Kier molecular flexibility index (Phi) is 10.9. The molecule has 2 aromatic heterocycles. The van der Waals surface area contributed by atoms with Gasteiger partial charge in [-0.1, -0.05) is 51.9 Å². The summed E-state index contributed by atoms with van der Waals surface area (Å²) >= 11 is 0. The van der Waals surface area contributed by atoms with Crippen LogP contribution in [0.4, 0.5) is 8.78 Å². The maximum Gasteiger partial charge on any atom is 0.387 e. The van der Waals surface area contributed by atoms with Gasteiger partial charge in [-0.25, -0.2) is 4.98 Å². The molecule has 10 heteroatoms. The number of alkyl halides is 2. The van der Waals surface area contributed by atoms with Crippen LogP contribution in [-0.2, 0) is 23.0 Å². The summed E-state index contributed by atoms with van der Waals surface area (Å²) in [5.74, 6) is 1.31. The SMILES string of the molecule is CCCCCCCCCCc1c(OC)cnc(CS(=O)c2nc3ccc(OC(F)F)cc3[nH]2)c1OC. The van der Waals surface area contributed by atoms with Crippen molar-refractivity contribution in [2.24, 2.45) is 0 Å². The molecule has 1 N–H and O–H groups in total. The number of hydrogen-bond donors (Lipinski definition) is 1. The van der Waals surface area contributed by atoms with Crippen molar-refractivity contribution in [3.05, 3.63) is 35.7 Å². The Morgan fingerprint density at radius 1 is 1.03 bits per heavy atom. The monoisotopic (exact) mass is 523 g/mol. The van der Waals surface area contributed by atoms with E-state index in [0.717, 1.165) is 24.8 Å². The number of halogens is 2. The molecule has 2 heterocycles. The number of aromatic nitrogens is 3. The van der Waals surface area contributed by atoms with Crippen LogP contribution in [0.25, 0.3) is 11.0 Å². The van der Waals surface area contributed by atoms with Crippen molar-refractivity contribution < 1.29 is 27.2 Å². The van der Waals surface area contributed by atoms with Crippen LogP contribution in [0.5, 0.6) is 17.2 Å². The molecule has 1 atom stereocenters. The number of benzene rings is 1. The Hall–Kier alpha value is -2.75. The van der Waals surface area contributed by atoms with E-state index in [9.17, 15) is 13.0 Å². The van der Waals surface area contributed by atoms with Gasteiger partial charge in [-0.05, 0) is 25.0 Å². The molecule has 0 spiro atoms. The minimum absolute atomic E-state index is 0.00238. The lowest BCUT2D eigenvalue weighted by Crippen LogP contribution is -2.07. The second-order valence-electron chi connectivity index (χ2n) is 8.60. The summed E-state index contributed by atoms with van der Waals surface area (Å²) in [4.78, 5) is 11.7. The lowest BCUT2D eigenvalue weighted by Gasteiger charge is -2.16. The van der Waals surface area contributed by atoms with E-state index in [4.69, 9.17) is 9.47 Å². The number of nitrogens with zero attached hydrogens (tertiary/aromatic N) is 2. The fourth-order valence-electron chi connectivity index (χ4n) is 4.19. The van der Waals surface area contributed by atoms with E-state index >= 15 is 0 Å². The van der Waals surface area contributed by atoms with Gasteiger partial charge in [0, 0.05) is 11.6 Å². The molecule has 198 valence electrons. The Labute approximate surface area is 213 Å². The molecule has 0 saturated carbocycles. The number of aromatic amines is 1. The molecule has 0 aliphatic carbocycles. The molecule has 0 fully saturated rings. The Morgan fingerprint density at radius 3 is 2.42 bits per heavy atom. The summed E-state index contributed by atoms with van der Waals surface area (Å²) in [7, 11) is 1.61. The van der Waals surface area contributed by atoms with Gasteiger partial charge < -0.3 is 19.2 Å². The number of rotatable bonds is 16. The molecule has 0 aliphatic rings. The summed E-state index contributed by atoms with van der Waals surface area (Å²) in [5, 5.41) is 0.225. The van der Waals surface area contributed by atoms with Crippen LogP contribution in [0, 0.1) is 0 Å². The van der Waals surface area contributed by atoms with Crippen LogP contribution in [-0.4, -0.2) is 40.0 Å². The number of methoxy groups -OCH3 is 2. The molecule has 3 aromatic rings. The molecule has 0 radical (unpaired) electrons. The number of hydrogen-bond acceptors (Lipinski definition) is 6. The number of H-pyrrole nitrogens is 1. The summed E-state index contributed by atoms with van der Waals surface area (Å²) in [6, 6.07) is 4.34. The maximum absolute atomic E-state index is 13.1. The largest absolute Gasteiger partial charge is 0.495 e. The molecule has 0 bridgehead atoms. The zero-order valence-electron chi connectivity index (χ0n) is 21.1. The predicted octanol–water partition coefficient (Wildman–Crippen LogP) is 6.57. The molecule has 1 unspecified atom stereocenters. The molecule has 7 nitrogen and oxygen atoms in total. The fraction of sp³-hybridized carbons (Fsp3) is 0.538. The van der Waals surface area contributed by atoms with Crippen molar-refractivity contribution >= 4 is 21.8 Å². The summed E-state index contributed by atoms with van der Waals surface area (Å²) < 4.78 is 53.8. The van der Waals surface area contributed by atoms with E-state index in [1.54, 1.807) is 26.5 Å². The van der Waals surface area contributed by atoms with E-state index in [0.29, 0.717) is 28.2 Å². The minimum atomic E-state index is -2.92. The van der Waals surface area contributed by atoms with Crippen molar-refractivity contribution in [3.63, 3.8) is 0 Å². The number of ether oxygens (including phenoxy) is 3. The van der Waals surface area contributed by atoms with Gasteiger partial charge in [-0.2, -0.15) is 8.78 Å². The topological polar surface area (TPSA) is 86.3 Å². The van der Waals surface area contributed by atoms with Gasteiger partial charge in [-0.15, -0.1) is 0 Å². The molecular weight excluding hydrogens is 488 g/mol. The van der Waals surface area contributed by atoms with Crippen LogP contribution in [0.2, 0.25) is 0 Å². The van der Waals surface area contributed by atoms with Crippen LogP contribution in [0.1, 0.15) is 69.5 Å². The van der Waals surface area contributed by atoms with Crippen LogP contribution >= 0.6 is 0 Å². The van der Waals surface area contributed by atoms with Gasteiger partial charge in [0.2, 0.25) is 0 Å². The highest BCUT2D eigenvalue weighted by Crippen LogP contribution is 2.33. The third-order valence-electron chi connectivity index (χ3n) is 6.02. The van der Waals surface area contributed by atoms with Gasteiger partial charge in [0.25, 0.3) is 0 Å². The minimum Gasteiger partial charge on any atom is -0.495 e. The predicted molar refractivity (Wildman–Crippen MR) is 136 cm³/mol. The van der Waals surface area contributed by atoms with Crippen LogP contribution in [0.15, 0.2) is 29.6 Å². The van der Waals surface area contributed by atoms with Gasteiger partial charge in [0.1, 0.15) is 17.2 Å². The summed E-state index contributed by atoms with van der Waals surface area (Å²) in [6.45, 7) is -0.701. The highest BCUT2D eigenvalue weighted by molar-refractivity contribution is 7.84. The standard InChI is InChI=1S/C26H35F2N3O4S/c1-4-5-6-7-8-9-10-11-12-19-23(33-2)16-29-22(24(19)34-3)17-36(32)26-30-20-14-13-18(35-25(27)28)15-21(20)31-26/h13-16,25H,4-12,17H2,1-3H3,(H,30,31). The quantitative estimate of drug-likeness (QED) is 0.214. The van der Waals surface area contributed by atoms with Crippen molar-refractivity contribution in [1.29, 1.82) is 0 Å². The lowest BCUT2D eigenvalue weighted by molar-refractivity contribution is -0.0497. The first-order valence-corrected chi connectivity index (χ1v) is 13.7. The maximum atomic E-state index is 13.1. The highest BCUT2D eigenvalue weighted by atomic mass is 32.2. The Balaban J connectivity index is 1.69. The van der Waals surface area contributed by atoms with Crippen molar-refractivity contribution in [2.45, 2.75) is 82.2 Å². The molecule has 0 saturated heterocycles. The van der Waals surface area contributed by atoms with Crippen molar-refractivity contribution in [1.82, 2.24) is 15.0 Å². The Bertz CT molecular complexity index is 1140. The van der Waals surface area contributed by atoms with E-state index in [1.807, 2.05) is 0 Å². The van der Waals surface area contributed by atoms with E-state index in [2.05, 4.69) is 26.6 Å². The average molecular weight is 524 g/mol. The molecule has 36 heavy (non-hydrogen) atoms. The zero-order chi connectivity index (χ0) is 25.9. The number of nitrogens with one attached hydrogen (secondary N) is 1. The lowest BCUT2D eigenvalue weighted by atomic mass is 10.0. The number of imidazole rings is 1. The highest BCUT2D eigenvalue weighted by Gasteiger charge is 2.20. The normalized spacial score (nSPS) is 12.3. The first-order valence-electron chi connectivity index (χ1n) is 12.4. The van der Waals surface area contributed by atoms with Gasteiger partial charge in [0.15, 0.2) is 5.16 Å². The van der Waals surface area contributed by atoms with Crippen LogP contribution < -0.4 is 14.2 Å². The van der Waals surface area contributed by atoms with E-state index in [1.165, 1.54) is 50.7 Å². The molecule has 0 amide bonds. The zero-order valence-corrected chi connectivity index (χ0v) is 22.0. The number of fused-ring (bicyclic) bond motifs is 1. The molecular formula is C26H35F2N3O4S. The smallest absolute Gasteiger partial charge is 0.387 e. The van der Waals surface area contributed by atoms with Crippen molar-refractivity contribution in [2.75, 3.05) is 14.2 Å². The fourth-order valence-corrected chi connectivity index (χ4v) is 5.21. The third-order valence-corrected chi connectivity index (χ3v) is 7.18. The van der Waals surface area contributed by atoms with E-state index < -0.39 is 17.4 Å². The number of pyridine rings is 1. The average Bonchev–Trinajstić information content (AvgIpc) is 3.29. The van der Waals surface area contributed by atoms with Crippen molar-refractivity contribution in [3.8, 4) is 17.2 Å². The van der Waals surface area contributed by atoms with Gasteiger partial charge in [0.05, 0.1) is 53.7 Å². The van der Waals surface area contributed by atoms with E-state index in [-0.39, 0.29) is 16.7 Å². The first kappa shape index (κ1) is 27.8.